The van der Waals surface area contributed by atoms with Gasteiger partial charge >= 0.3 is 0 Å². The Hall–Kier alpha value is -1.54. The van der Waals surface area contributed by atoms with Gasteiger partial charge in [0.2, 0.25) is 5.91 Å². The van der Waals surface area contributed by atoms with Crippen molar-refractivity contribution < 1.29 is 9.53 Å². The number of nitrogens with zero attached hydrogens (tertiary/aromatic N) is 4. The minimum absolute atomic E-state index is 0.237. The Bertz CT molecular complexity index is 718. The molecule has 2 aliphatic heterocycles. The van der Waals surface area contributed by atoms with Gasteiger partial charge in [-0.15, -0.1) is 11.3 Å². The summed E-state index contributed by atoms with van der Waals surface area (Å²) in [5.41, 5.74) is 1.09. The van der Waals surface area contributed by atoms with Crippen LogP contribution in [0.5, 0.6) is 0 Å². The molecule has 2 fully saturated rings. The van der Waals surface area contributed by atoms with Crippen molar-refractivity contribution in [3.63, 3.8) is 0 Å². The zero-order valence-electron chi connectivity index (χ0n) is 15.3. The van der Waals surface area contributed by atoms with Crippen molar-refractivity contribution in [2.75, 3.05) is 59.0 Å². The summed E-state index contributed by atoms with van der Waals surface area (Å²) in [4.78, 5) is 23.9. The number of morpholine rings is 1. The predicted octanol–water partition coefficient (Wildman–Crippen LogP) is 1.83. The minimum Gasteiger partial charge on any atom is -0.378 e. The summed E-state index contributed by atoms with van der Waals surface area (Å²) in [7, 11) is 0. The molecule has 0 radical (unpaired) electrons. The predicted molar refractivity (Wildman–Crippen MR) is 103 cm³/mol. The Morgan fingerprint density at radius 2 is 1.88 bits per heavy atom. The average molecular weight is 375 g/mol. The van der Waals surface area contributed by atoms with Crippen molar-refractivity contribution in [3.05, 3.63) is 29.3 Å². The lowest BCUT2D eigenvalue weighted by Gasteiger charge is -2.38. The molecule has 2 aromatic rings. The smallest absolute Gasteiger partial charge is 0.236 e. The largest absolute Gasteiger partial charge is 0.378 e. The van der Waals surface area contributed by atoms with Crippen LogP contribution in [-0.2, 0) is 9.53 Å². The Morgan fingerprint density at radius 3 is 2.62 bits per heavy atom. The lowest BCUT2D eigenvalue weighted by atomic mass is 10.2. The first-order valence-corrected chi connectivity index (χ1v) is 10.2. The maximum atomic E-state index is 12.4. The van der Waals surface area contributed by atoms with Crippen LogP contribution in [0.1, 0.15) is 18.0 Å². The standard InChI is InChI=1S/C19H26N4O2S/c1-15(19-20-16-4-2-3-5-17(16)26-19)22-8-6-21(7-9-22)14-18(24)23-10-12-25-13-11-23/h2-5,15H,6-14H2,1H3/t15-/m0/s1. The SMILES string of the molecule is C[C@@H](c1nc2ccccc2s1)N1CCN(CC(=O)N2CCOCC2)CC1. The van der Waals surface area contributed by atoms with Crippen LogP contribution in [0.3, 0.4) is 0 Å². The van der Waals surface area contributed by atoms with Crippen molar-refractivity contribution >= 4 is 27.5 Å². The number of hydrogen-bond donors (Lipinski definition) is 0. The van der Waals surface area contributed by atoms with E-state index in [9.17, 15) is 4.79 Å². The van der Waals surface area contributed by atoms with E-state index < -0.39 is 0 Å². The highest BCUT2D eigenvalue weighted by molar-refractivity contribution is 7.18. The fourth-order valence-electron chi connectivity index (χ4n) is 3.64. The molecule has 26 heavy (non-hydrogen) atoms. The van der Waals surface area contributed by atoms with E-state index in [2.05, 4.69) is 34.9 Å². The van der Waals surface area contributed by atoms with E-state index in [1.165, 1.54) is 9.71 Å². The van der Waals surface area contributed by atoms with Gasteiger partial charge in [-0.25, -0.2) is 4.98 Å². The number of carbonyl (C=O) groups excluding carboxylic acids is 1. The number of piperazine rings is 1. The number of para-hydroxylation sites is 1. The molecule has 1 aromatic heterocycles. The minimum atomic E-state index is 0.237. The highest BCUT2D eigenvalue weighted by Gasteiger charge is 2.26. The Labute approximate surface area is 158 Å². The molecule has 1 aromatic carbocycles. The lowest BCUT2D eigenvalue weighted by Crippen LogP contribution is -2.51. The van der Waals surface area contributed by atoms with Crippen LogP contribution in [0.4, 0.5) is 0 Å². The molecule has 7 heteroatoms. The average Bonchev–Trinajstić information content (AvgIpc) is 3.13. The van der Waals surface area contributed by atoms with Crippen molar-refractivity contribution in [1.29, 1.82) is 0 Å². The van der Waals surface area contributed by atoms with Crippen LogP contribution >= 0.6 is 11.3 Å². The van der Waals surface area contributed by atoms with Gasteiger partial charge in [0.15, 0.2) is 0 Å². The quantitative estimate of drug-likeness (QED) is 0.817. The zero-order valence-corrected chi connectivity index (χ0v) is 16.1. The van der Waals surface area contributed by atoms with Gasteiger partial charge in [-0.2, -0.15) is 0 Å². The number of fused-ring (bicyclic) bond motifs is 1. The molecule has 6 nitrogen and oxygen atoms in total. The maximum Gasteiger partial charge on any atom is 0.236 e. The molecule has 2 saturated heterocycles. The van der Waals surface area contributed by atoms with E-state index in [4.69, 9.17) is 9.72 Å². The third-order valence-corrected chi connectivity index (χ3v) is 6.55. The van der Waals surface area contributed by atoms with Gasteiger partial charge in [-0.05, 0) is 19.1 Å². The van der Waals surface area contributed by atoms with Crippen LogP contribution in [0.25, 0.3) is 10.2 Å². The number of rotatable bonds is 4. The second kappa shape index (κ2) is 8.00. The van der Waals surface area contributed by atoms with Crippen LogP contribution in [0, 0.1) is 0 Å². The molecular weight excluding hydrogens is 348 g/mol. The van der Waals surface area contributed by atoms with Crippen molar-refractivity contribution in [2.45, 2.75) is 13.0 Å². The number of carbonyl (C=O) groups is 1. The number of amides is 1. The molecule has 0 N–H and O–H groups in total. The molecular formula is C19H26N4O2S. The van der Waals surface area contributed by atoms with Crippen molar-refractivity contribution in [2.24, 2.45) is 0 Å². The van der Waals surface area contributed by atoms with E-state index in [0.717, 1.165) is 44.8 Å². The number of benzene rings is 1. The Morgan fingerprint density at radius 1 is 1.15 bits per heavy atom. The highest BCUT2D eigenvalue weighted by Crippen LogP contribution is 2.29. The number of aromatic nitrogens is 1. The molecule has 1 atom stereocenters. The van der Waals surface area contributed by atoms with E-state index >= 15 is 0 Å². The summed E-state index contributed by atoms with van der Waals surface area (Å²) < 4.78 is 6.58. The van der Waals surface area contributed by atoms with Gasteiger partial charge in [0, 0.05) is 39.3 Å². The third-order valence-electron chi connectivity index (χ3n) is 5.35. The van der Waals surface area contributed by atoms with E-state index in [1.807, 2.05) is 11.0 Å². The highest BCUT2D eigenvalue weighted by atomic mass is 32.1. The summed E-state index contributed by atoms with van der Waals surface area (Å²) in [6, 6.07) is 8.65. The molecule has 1 amide bonds. The number of hydrogen-bond acceptors (Lipinski definition) is 6. The molecule has 2 aliphatic rings. The summed E-state index contributed by atoms with van der Waals surface area (Å²) in [6.45, 7) is 9.40. The third kappa shape index (κ3) is 3.91. The number of ether oxygens (including phenoxy) is 1. The molecule has 4 rings (SSSR count). The summed E-state index contributed by atoms with van der Waals surface area (Å²) >= 11 is 1.79. The molecule has 0 spiro atoms. The Balaban J connectivity index is 1.30. The molecule has 0 saturated carbocycles. The topological polar surface area (TPSA) is 48.9 Å². The van der Waals surface area contributed by atoms with Gasteiger partial charge in [0.25, 0.3) is 0 Å². The second-order valence-electron chi connectivity index (χ2n) is 7.00. The first-order chi connectivity index (χ1) is 12.7. The molecule has 0 unspecified atom stereocenters. The molecule has 0 aliphatic carbocycles. The van der Waals surface area contributed by atoms with Gasteiger partial charge in [0.05, 0.1) is 36.0 Å². The van der Waals surface area contributed by atoms with Crippen LogP contribution < -0.4 is 0 Å². The van der Waals surface area contributed by atoms with Gasteiger partial charge in [0.1, 0.15) is 5.01 Å². The molecule has 0 bridgehead atoms. The summed E-state index contributed by atoms with van der Waals surface area (Å²) in [6.07, 6.45) is 0. The van der Waals surface area contributed by atoms with Crippen LogP contribution in [0.15, 0.2) is 24.3 Å². The van der Waals surface area contributed by atoms with E-state index in [0.29, 0.717) is 25.8 Å². The zero-order chi connectivity index (χ0) is 17.9. The van der Waals surface area contributed by atoms with E-state index in [1.54, 1.807) is 11.3 Å². The molecule has 3 heterocycles. The van der Waals surface area contributed by atoms with Gasteiger partial charge in [-0.1, -0.05) is 12.1 Å². The summed E-state index contributed by atoms with van der Waals surface area (Å²) in [5.74, 6) is 0.237. The monoisotopic (exact) mass is 374 g/mol. The first-order valence-electron chi connectivity index (χ1n) is 9.38. The first kappa shape index (κ1) is 17.9. The van der Waals surface area contributed by atoms with E-state index in [-0.39, 0.29) is 5.91 Å². The summed E-state index contributed by atoms with van der Waals surface area (Å²) in [5, 5.41) is 1.18. The van der Waals surface area contributed by atoms with Crippen molar-refractivity contribution in [1.82, 2.24) is 19.7 Å². The van der Waals surface area contributed by atoms with Crippen LogP contribution in [-0.4, -0.2) is 84.6 Å². The lowest BCUT2D eigenvalue weighted by molar-refractivity contribution is -0.137. The maximum absolute atomic E-state index is 12.4. The number of thiazole rings is 1. The van der Waals surface area contributed by atoms with Gasteiger partial charge < -0.3 is 9.64 Å². The fourth-order valence-corrected chi connectivity index (χ4v) is 4.69. The normalized spacial score (nSPS) is 21.2. The Kier molecular flexibility index (Phi) is 5.49. The van der Waals surface area contributed by atoms with Crippen LogP contribution in [0.2, 0.25) is 0 Å². The van der Waals surface area contributed by atoms with Gasteiger partial charge in [-0.3, -0.25) is 14.6 Å². The molecule has 140 valence electrons. The second-order valence-corrected chi connectivity index (χ2v) is 8.06. The van der Waals surface area contributed by atoms with Crippen molar-refractivity contribution in [3.8, 4) is 0 Å². The fraction of sp³-hybridized carbons (Fsp3) is 0.579.